The topological polar surface area (TPSA) is 65.8 Å². The molecule has 160 valence electrons. The molecule has 0 aliphatic rings. The molecule has 3 aromatic carbocycles. The minimum absolute atomic E-state index is 0.352. The van der Waals surface area contributed by atoms with Crippen molar-refractivity contribution >= 4 is 59.4 Å². The molecule has 5 nitrogen and oxygen atoms in total. The largest absolute Gasteiger partial charge is 0.278 e. The molecule has 7 heteroatoms. The van der Waals surface area contributed by atoms with Crippen molar-refractivity contribution in [3.8, 4) is 0 Å². The van der Waals surface area contributed by atoms with Gasteiger partial charge in [0.2, 0.25) is 0 Å². The Labute approximate surface area is 196 Å². The van der Waals surface area contributed by atoms with Crippen molar-refractivity contribution < 1.29 is 4.79 Å². The number of hydrogen-bond donors (Lipinski definition) is 2. The van der Waals surface area contributed by atoms with E-state index >= 15 is 0 Å². The third-order valence-corrected chi connectivity index (χ3v) is 4.50. The number of hydrogen-bond acceptors (Lipinski definition) is 4. The summed E-state index contributed by atoms with van der Waals surface area (Å²) in [4.78, 5) is 12.2. The Morgan fingerprint density at radius 1 is 0.688 bits per heavy atom. The van der Waals surface area contributed by atoms with Crippen LogP contribution in [0.3, 0.4) is 0 Å². The van der Waals surface area contributed by atoms with Crippen molar-refractivity contribution in [3.63, 3.8) is 0 Å². The van der Waals surface area contributed by atoms with Gasteiger partial charge in [0.1, 0.15) is 0 Å². The Kier molecular flexibility index (Phi) is 8.80. The molecule has 0 spiro atoms. The summed E-state index contributed by atoms with van der Waals surface area (Å²) in [6, 6.07) is 26.1. The lowest BCUT2D eigenvalue weighted by Crippen LogP contribution is -2.17. The summed E-state index contributed by atoms with van der Waals surface area (Å²) in [5.41, 5.74) is 8.39. The van der Waals surface area contributed by atoms with Gasteiger partial charge in [0, 0.05) is 5.56 Å². The van der Waals surface area contributed by atoms with E-state index in [4.69, 9.17) is 23.2 Å². The van der Waals surface area contributed by atoms with Gasteiger partial charge in [0.05, 0.1) is 28.2 Å². The van der Waals surface area contributed by atoms with E-state index in [1.807, 2.05) is 66.7 Å². The third kappa shape index (κ3) is 7.87. The van der Waals surface area contributed by atoms with Crippen LogP contribution < -0.4 is 10.9 Å². The molecular formula is C25H20Cl2N4O. The number of allylic oxidation sites excluding steroid dienone is 2. The van der Waals surface area contributed by atoms with Crippen LogP contribution in [-0.4, -0.2) is 18.3 Å². The van der Waals surface area contributed by atoms with E-state index in [0.29, 0.717) is 21.3 Å². The number of nitrogens with one attached hydrogen (secondary N) is 2. The molecule has 1 amide bonds. The van der Waals surface area contributed by atoms with Crippen molar-refractivity contribution in [2.24, 2.45) is 10.2 Å². The Morgan fingerprint density at radius 2 is 1.19 bits per heavy atom. The summed E-state index contributed by atoms with van der Waals surface area (Å²) >= 11 is 12.3. The molecule has 0 saturated carbocycles. The van der Waals surface area contributed by atoms with Crippen LogP contribution >= 0.6 is 23.2 Å². The molecule has 0 bridgehead atoms. The molecule has 0 atom stereocenters. The van der Waals surface area contributed by atoms with Gasteiger partial charge in [-0.15, -0.1) is 0 Å². The summed E-state index contributed by atoms with van der Waals surface area (Å²) < 4.78 is 0. The van der Waals surface area contributed by atoms with Crippen LogP contribution in [-0.2, 0) is 0 Å². The van der Waals surface area contributed by atoms with Crippen LogP contribution in [0.15, 0.2) is 105 Å². The lowest BCUT2D eigenvalue weighted by atomic mass is 10.2. The highest BCUT2D eigenvalue weighted by Gasteiger charge is 2.03. The summed E-state index contributed by atoms with van der Waals surface area (Å²) in [6.45, 7) is 0. The minimum Gasteiger partial charge on any atom is -0.278 e. The average molecular weight is 463 g/mol. The molecule has 0 aromatic heterocycles. The zero-order valence-electron chi connectivity index (χ0n) is 17.0. The standard InChI is InChI=1S/C25H20Cl2N4O/c26-22(15-19-7-3-1-4-8-19)17-28-30-24-13-11-21(12-14-24)25(32)31-29-18-23(27)16-20-9-5-2-6-10-20/h1-18,30H,(H,31,32)/b22-15-,23-16-,28-17+,29-18+. The van der Waals surface area contributed by atoms with Gasteiger partial charge in [-0.25, -0.2) is 5.43 Å². The van der Waals surface area contributed by atoms with E-state index in [1.165, 1.54) is 12.4 Å². The zero-order valence-corrected chi connectivity index (χ0v) is 18.5. The van der Waals surface area contributed by atoms with E-state index < -0.39 is 0 Å². The number of benzene rings is 3. The van der Waals surface area contributed by atoms with E-state index in [2.05, 4.69) is 21.1 Å². The molecular weight excluding hydrogens is 443 g/mol. The maximum atomic E-state index is 12.2. The van der Waals surface area contributed by atoms with E-state index in [1.54, 1.807) is 30.3 Å². The van der Waals surface area contributed by atoms with Crippen LogP contribution in [0.1, 0.15) is 21.5 Å². The highest BCUT2D eigenvalue weighted by molar-refractivity contribution is 6.41. The molecule has 2 N–H and O–H groups in total. The number of carbonyl (C=O) groups is 1. The van der Waals surface area contributed by atoms with Crippen LogP contribution in [0, 0.1) is 0 Å². The lowest BCUT2D eigenvalue weighted by Gasteiger charge is -2.03. The van der Waals surface area contributed by atoms with Gasteiger partial charge in [0.25, 0.3) is 5.91 Å². The second-order valence-corrected chi connectivity index (χ2v) is 7.40. The second-order valence-electron chi connectivity index (χ2n) is 6.53. The van der Waals surface area contributed by atoms with Gasteiger partial charge in [-0.05, 0) is 47.5 Å². The number of carbonyl (C=O) groups excluding carboxylic acids is 1. The Balaban J connectivity index is 1.49. The van der Waals surface area contributed by atoms with Gasteiger partial charge in [-0.3, -0.25) is 10.2 Å². The average Bonchev–Trinajstić information content (AvgIpc) is 2.81. The second kappa shape index (κ2) is 12.2. The fraction of sp³-hybridized carbons (Fsp3) is 0. The number of amides is 1. The maximum absolute atomic E-state index is 12.2. The molecule has 0 fully saturated rings. The highest BCUT2D eigenvalue weighted by Crippen LogP contribution is 2.12. The summed E-state index contributed by atoms with van der Waals surface area (Å²) in [5, 5.41) is 8.86. The van der Waals surface area contributed by atoms with Crippen molar-refractivity contribution in [3.05, 3.63) is 112 Å². The Bertz CT molecular complexity index is 1140. The minimum atomic E-state index is -0.352. The number of nitrogens with zero attached hydrogens (tertiary/aromatic N) is 2. The van der Waals surface area contributed by atoms with Crippen molar-refractivity contribution in [1.82, 2.24) is 5.43 Å². The smallest absolute Gasteiger partial charge is 0.271 e. The van der Waals surface area contributed by atoms with Gasteiger partial charge in [0.15, 0.2) is 0 Å². The molecule has 0 radical (unpaired) electrons. The summed E-state index contributed by atoms with van der Waals surface area (Å²) in [7, 11) is 0. The SMILES string of the molecule is O=C(N/N=C/C(Cl)=C/c1ccccc1)c1ccc(N/N=C/C(Cl)=C/c2ccccc2)cc1. The molecule has 32 heavy (non-hydrogen) atoms. The number of anilines is 1. The van der Waals surface area contributed by atoms with Crippen molar-refractivity contribution in [2.45, 2.75) is 0 Å². The molecule has 3 rings (SSSR count). The number of hydrazone groups is 2. The Hall–Kier alpha value is -3.67. The van der Waals surface area contributed by atoms with Crippen LogP contribution in [0.5, 0.6) is 0 Å². The molecule has 0 saturated heterocycles. The first-order valence-electron chi connectivity index (χ1n) is 9.67. The van der Waals surface area contributed by atoms with Crippen molar-refractivity contribution in [2.75, 3.05) is 5.43 Å². The zero-order chi connectivity index (χ0) is 22.6. The first kappa shape index (κ1) is 23.0. The van der Waals surface area contributed by atoms with E-state index in [-0.39, 0.29) is 5.91 Å². The predicted octanol–water partition coefficient (Wildman–Crippen LogP) is 6.36. The van der Waals surface area contributed by atoms with Crippen LogP contribution in [0.4, 0.5) is 5.69 Å². The van der Waals surface area contributed by atoms with E-state index in [0.717, 1.165) is 11.1 Å². The van der Waals surface area contributed by atoms with Crippen LogP contribution in [0.25, 0.3) is 12.2 Å². The normalized spacial score (nSPS) is 12.3. The van der Waals surface area contributed by atoms with Crippen molar-refractivity contribution in [1.29, 1.82) is 0 Å². The quantitative estimate of drug-likeness (QED) is 0.302. The van der Waals surface area contributed by atoms with Gasteiger partial charge in [-0.2, -0.15) is 10.2 Å². The lowest BCUT2D eigenvalue weighted by molar-refractivity contribution is 0.0955. The summed E-state index contributed by atoms with van der Waals surface area (Å²) in [5.74, 6) is -0.352. The third-order valence-electron chi connectivity index (χ3n) is 4.09. The molecule has 0 unspecified atom stereocenters. The van der Waals surface area contributed by atoms with Gasteiger partial charge in [-0.1, -0.05) is 83.9 Å². The first-order valence-corrected chi connectivity index (χ1v) is 10.4. The van der Waals surface area contributed by atoms with Gasteiger partial charge >= 0.3 is 0 Å². The van der Waals surface area contributed by atoms with E-state index in [9.17, 15) is 4.79 Å². The summed E-state index contributed by atoms with van der Waals surface area (Å²) in [6.07, 6.45) is 6.45. The fourth-order valence-electron chi connectivity index (χ4n) is 2.57. The Morgan fingerprint density at radius 3 is 1.72 bits per heavy atom. The maximum Gasteiger partial charge on any atom is 0.271 e. The highest BCUT2D eigenvalue weighted by atomic mass is 35.5. The molecule has 0 aliphatic heterocycles. The first-order chi connectivity index (χ1) is 15.6. The van der Waals surface area contributed by atoms with Gasteiger partial charge < -0.3 is 0 Å². The predicted molar refractivity (Wildman–Crippen MR) is 135 cm³/mol. The number of halogens is 2. The van der Waals surface area contributed by atoms with Crippen LogP contribution in [0.2, 0.25) is 0 Å². The molecule has 0 heterocycles. The monoisotopic (exact) mass is 462 g/mol. The fourth-order valence-corrected chi connectivity index (χ4v) is 2.92. The molecule has 3 aromatic rings. The number of rotatable bonds is 8. The molecule has 0 aliphatic carbocycles.